The van der Waals surface area contributed by atoms with Crippen molar-refractivity contribution in [2.24, 2.45) is 0 Å². The van der Waals surface area contributed by atoms with Crippen LogP contribution in [0.2, 0.25) is 0 Å². The summed E-state index contributed by atoms with van der Waals surface area (Å²) in [5, 5.41) is 11.5. The van der Waals surface area contributed by atoms with Crippen molar-refractivity contribution in [3.05, 3.63) is 40.9 Å². The second-order valence-corrected chi connectivity index (χ2v) is 5.97. The average molecular weight is 358 g/mol. The topological polar surface area (TPSA) is 66.4 Å². The standard InChI is InChI=1S/C14H16BrNO3S/c1-2-3-7-12(14(18)19)16-13(17)9-20-11-6-4-5-10(15)8-11/h2-6,8,12H,7,9H2,1H3,(H,16,17)(H,18,19)/b3-2+. The van der Waals surface area contributed by atoms with E-state index in [4.69, 9.17) is 5.11 Å². The van der Waals surface area contributed by atoms with Crippen molar-refractivity contribution in [2.45, 2.75) is 24.3 Å². The van der Waals surface area contributed by atoms with E-state index in [0.717, 1.165) is 9.37 Å². The highest BCUT2D eigenvalue weighted by Crippen LogP contribution is 2.21. The number of carboxylic acids is 1. The molecule has 1 atom stereocenters. The van der Waals surface area contributed by atoms with E-state index in [-0.39, 0.29) is 11.7 Å². The summed E-state index contributed by atoms with van der Waals surface area (Å²) in [5.41, 5.74) is 0. The summed E-state index contributed by atoms with van der Waals surface area (Å²) in [6.07, 6.45) is 3.78. The molecule has 0 aliphatic rings. The number of benzene rings is 1. The number of hydrogen-bond acceptors (Lipinski definition) is 3. The van der Waals surface area contributed by atoms with E-state index < -0.39 is 12.0 Å². The quantitative estimate of drug-likeness (QED) is 0.581. The first-order valence-electron chi connectivity index (χ1n) is 6.04. The Balaban J connectivity index is 2.47. The third-order valence-electron chi connectivity index (χ3n) is 2.41. The summed E-state index contributed by atoms with van der Waals surface area (Å²) in [5.74, 6) is -1.12. The predicted octanol–water partition coefficient (Wildman–Crippen LogP) is 3.08. The van der Waals surface area contributed by atoms with Crippen LogP contribution in [0.4, 0.5) is 0 Å². The van der Waals surface area contributed by atoms with Crippen LogP contribution in [-0.2, 0) is 9.59 Å². The maximum Gasteiger partial charge on any atom is 0.326 e. The maximum atomic E-state index is 11.7. The van der Waals surface area contributed by atoms with Gasteiger partial charge in [-0.05, 0) is 31.5 Å². The van der Waals surface area contributed by atoms with Gasteiger partial charge in [-0.1, -0.05) is 34.1 Å². The Morgan fingerprint density at radius 3 is 2.85 bits per heavy atom. The molecule has 1 unspecified atom stereocenters. The molecule has 0 aromatic heterocycles. The number of thioether (sulfide) groups is 1. The van der Waals surface area contributed by atoms with Gasteiger partial charge in [0.2, 0.25) is 5.91 Å². The van der Waals surface area contributed by atoms with E-state index in [9.17, 15) is 9.59 Å². The summed E-state index contributed by atoms with van der Waals surface area (Å²) in [6.45, 7) is 1.81. The highest BCUT2D eigenvalue weighted by atomic mass is 79.9. The number of carbonyl (C=O) groups excluding carboxylic acids is 1. The Morgan fingerprint density at radius 1 is 1.50 bits per heavy atom. The molecular formula is C14H16BrNO3S. The molecule has 20 heavy (non-hydrogen) atoms. The van der Waals surface area contributed by atoms with Gasteiger partial charge in [0.15, 0.2) is 0 Å². The molecule has 0 bridgehead atoms. The summed E-state index contributed by atoms with van der Waals surface area (Å²) in [4.78, 5) is 23.7. The van der Waals surface area contributed by atoms with Crippen molar-refractivity contribution in [1.29, 1.82) is 0 Å². The highest BCUT2D eigenvalue weighted by Gasteiger charge is 2.18. The Morgan fingerprint density at radius 2 is 2.25 bits per heavy atom. The number of rotatable bonds is 7. The zero-order chi connectivity index (χ0) is 15.0. The van der Waals surface area contributed by atoms with E-state index in [0.29, 0.717) is 6.42 Å². The molecule has 4 nitrogen and oxygen atoms in total. The van der Waals surface area contributed by atoms with E-state index in [1.165, 1.54) is 11.8 Å². The largest absolute Gasteiger partial charge is 0.480 e. The number of amides is 1. The third-order valence-corrected chi connectivity index (χ3v) is 3.89. The zero-order valence-corrected chi connectivity index (χ0v) is 13.4. The smallest absolute Gasteiger partial charge is 0.326 e. The monoisotopic (exact) mass is 357 g/mol. The lowest BCUT2D eigenvalue weighted by atomic mass is 10.2. The molecule has 0 aliphatic carbocycles. The van der Waals surface area contributed by atoms with E-state index in [1.54, 1.807) is 12.2 Å². The van der Waals surface area contributed by atoms with Gasteiger partial charge in [0.1, 0.15) is 6.04 Å². The molecule has 1 amide bonds. The zero-order valence-electron chi connectivity index (χ0n) is 11.0. The van der Waals surface area contributed by atoms with Gasteiger partial charge in [-0.15, -0.1) is 11.8 Å². The lowest BCUT2D eigenvalue weighted by Gasteiger charge is -2.12. The van der Waals surface area contributed by atoms with Crippen molar-refractivity contribution in [2.75, 3.05) is 5.75 Å². The fraction of sp³-hybridized carbons (Fsp3) is 0.286. The Labute approximate surface area is 130 Å². The number of carboxylic acid groups (broad SMARTS) is 1. The molecule has 0 fully saturated rings. The second-order valence-electron chi connectivity index (χ2n) is 4.01. The van der Waals surface area contributed by atoms with Gasteiger partial charge in [-0.2, -0.15) is 0 Å². The lowest BCUT2D eigenvalue weighted by molar-refractivity contribution is -0.141. The molecule has 1 aromatic rings. The van der Waals surface area contributed by atoms with Crippen LogP contribution in [0.1, 0.15) is 13.3 Å². The lowest BCUT2D eigenvalue weighted by Crippen LogP contribution is -2.41. The molecule has 1 rings (SSSR count). The molecule has 0 radical (unpaired) electrons. The predicted molar refractivity (Wildman–Crippen MR) is 83.9 cm³/mol. The van der Waals surface area contributed by atoms with Crippen molar-refractivity contribution in [1.82, 2.24) is 5.32 Å². The van der Waals surface area contributed by atoms with Gasteiger partial charge in [0, 0.05) is 9.37 Å². The van der Waals surface area contributed by atoms with E-state index in [1.807, 2.05) is 31.2 Å². The van der Waals surface area contributed by atoms with Crippen LogP contribution in [0.5, 0.6) is 0 Å². The van der Waals surface area contributed by atoms with Gasteiger partial charge in [0.05, 0.1) is 5.75 Å². The molecule has 0 saturated heterocycles. The summed E-state index contributed by atoms with van der Waals surface area (Å²) in [7, 11) is 0. The molecule has 108 valence electrons. The fourth-order valence-corrected chi connectivity index (χ4v) is 2.75. The van der Waals surface area contributed by atoms with Crippen LogP contribution < -0.4 is 5.32 Å². The number of nitrogens with one attached hydrogen (secondary N) is 1. The molecule has 0 aliphatic heterocycles. The number of halogens is 1. The van der Waals surface area contributed by atoms with Gasteiger partial charge < -0.3 is 10.4 Å². The van der Waals surface area contributed by atoms with Gasteiger partial charge in [-0.25, -0.2) is 4.79 Å². The van der Waals surface area contributed by atoms with E-state index >= 15 is 0 Å². The van der Waals surface area contributed by atoms with Crippen LogP contribution in [-0.4, -0.2) is 28.8 Å². The van der Waals surface area contributed by atoms with Crippen molar-refractivity contribution >= 4 is 39.6 Å². The number of hydrogen-bond donors (Lipinski definition) is 2. The minimum Gasteiger partial charge on any atom is -0.480 e. The SMILES string of the molecule is C/C=C/CC(NC(=O)CSc1cccc(Br)c1)C(=O)O. The van der Waals surface area contributed by atoms with Crippen molar-refractivity contribution < 1.29 is 14.7 Å². The van der Waals surface area contributed by atoms with Gasteiger partial charge >= 0.3 is 5.97 Å². The number of carbonyl (C=O) groups is 2. The molecule has 2 N–H and O–H groups in total. The normalized spacial score (nSPS) is 12.3. The highest BCUT2D eigenvalue weighted by molar-refractivity contribution is 9.10. The molecule has 0 heterocycles. The molecule has 0 spiro atoms. The van der Waals surface area contributed by atoms with Crippen LogP contribution >= 0.6 is 27.7 Å². The van der Waals surface area contributed by atoms with Crippen LogP contribution in [0.25, 0.3) is 0 Å². The van der Waals surface area contributed by atoms with Gasteiger partial charge in [0.25, 0.3) is 0 Å². The van der Waals surface area contributed by atoms with Crippen LogP contribution in [0, 0.1) is 0 Å². The average Bonchev–Trinajstić information content (AvgIpc) is 2.41. The number of allylic oxidation sites excluding steroid dienone is 1. The molecule has 1 aromatic carbocycles. The summed E-state index contributed by atoms with van der Waals surface area (Å²) < 4.78 is 0.944. The maximum absolute atomic E-state index is 11.7. The Kier molecular flexibility index (Phi) is 7.40. The van der Waals surface area contributed by atoms with Gasteiger partial charge in [-0.3, -0.25) is 4.79 Å². The van der Waals surface area contributed by atoms with Crippen LogP contribution in [0.15, 0.2) is 45.8 Å². The number of aliphatic carboxylic acids is 1. The van der Waals surface area contributed by atoms with E-state index in [2.05, 4.69) is 21.2 Å². The van der Waals surface area contributed by atoms with Crippen LogP contribution in [0.3, 0.4) is 0 Å². The molecule has 6 heteroatoms. The minimum absolute atomic E-state index is 0.191. The fourth-order valence-electron chi connectivity index (χ4n) is 1.44. The minimum atomic E-state index is -1.02. The third kappa shape index (κ3) is 6.25. The first kappa shape index (κ1) is 16.8. The Hall–Kier alpha value is -1.27. The summed E-state index contributed by atoms with van der Waals surface area (Å²) in [6, 6.07) is 6.73. The van der Waals surface area contributed by atoms with Crippen molar-refractivity contribution in [3.8, 4) is 0 Å². The second kappa shape index (κ2) is 8.81. The first-order chi connectivity index (χ1) is 9.52. The summed E-state index contributed by atoms with van der Waals surface area (Å²) >= 11 is 4.73. The molecule has 0 saturated carbocycles. The first-order valence-corrected chi connectivity index (χ1v) is 7.82. The van der Waals surface area contributed by atoms with Crippen molar-refractivity contribution in [3.63, 3.8) is 0 Å². The Bertz CT molecular complexity index is 505. The molecular weight excluding hydrogens is 342 g/mol.